The van der Waals surface area contributed by atoms with E-state index in [4.69, 9.17) is 21.3 Å². The molecule has 5 aromatic heterocycles. The number of halogens is 1. The minimum atomic E-state index is -0.773. The second kappa shape index (κ2) is 8.55. The van der Waals surface area contributed by atoms with Gasteiger partial charge in [-0.1, -0.05) is 17.7 Å². The summed E-state index contributed by atoms with van der Waals surface area (Å²) in [5.41, 5.74) is 3.81. The highest BCUT2D eigenvalue weighted by Gasteiger charge is 2.18. The molecular formula is C23H17ClN8O2. The van der Waals surface area contributed by atoms with E-state index in [9.17, 15) is 10.4 Å². The number of nitriles is 1. The number of rotatable bonds is 5. The molecule has 0 bridgehead atoms. The Hall–Kier alpha value is -4.33. The number of aliphatic hydroxyl groups excluding tert-OH is 1. The van der Waals surface area contributed by atoms with Gasteiger partial charge < -0.3 is 9.84 Å². The van der Waals surface area contributed by atoms with Crippen LogP contribution in [0.15, 0.2) is 54.9 Å². The van der Waals surface area contributed by atoms with Crippen molar-refractivity contribution in [3.63, 3.8) is 0 Å². The Morgan fingerprint density at radius 3 is 2.71 bits per heavy atom. The number of pyridine rings is 2. The molecule has 5 heterocycles. The molecular weight excluding hydrogens is 456 g/mol. The summed E-state index contributed by atoms with van der Waals surface area (Å²) in [5, 5.41) is 36.2. The first-order valence-electron chi connectivity index (χ1n) is 10.2. The molecule has 0 aliphatic carbocycles. The van der Waals surface area contributed by atoms with Crippen molar-refractivity contribution in [1.82, 2.24) is 34.6 Å². The zero-order valence-electron chi connectivity index (χ0n) is 18.1. The Bertz CT molecular complexity index is 1550. The van der Waals surface area contributed by atoms with Crippen molar-refractivity contribution in [1.29, 1.82) is 5.26 Å². The third kappa shape index (κ3) is 3.94. The predicted molar refractivity (Wildman–Crippen MR) is 123 cm³/mol. The lowest BCUT2D eigenvalue weighted by Crippen LogP contribution is -2.09. The first-order chi connectivity index (χ1) is 16.4. The molecule has 5 aromatic rings. The van der Waals surface area contributed by atoms with Gasteiger partial charge in [0.15, 0.2) is 16.7 Å². The van der Waals surface area contributed by atoms with E-state index < -0.39 is 6.10 Å². The van der Waals surface area contributed by atoms with Crippen LogP contribution in [0.5, 0.6) is 11.6 Å². The van der Waals surface area contributed by atoms with E-state index in [1.165, 1.54) is 0 Å². The molecule has 0 amide bonds. The third-order valence-corrected chi connectivity index (χ3v) is 5.35. The Morgan fingerprint density at radius 2 is 2.00 bits per heavy atom. The highest BCUT2D eigenvalue weighted by Crippen LogP contribution is 2.30. The van der Waals surface area contributed by atoms with Crippen LogP contribution in [0.25, 0.3) is 22.6 Å². The fourth-order valence-electron chi connectivity index (χ4n) is 3.55. The van der Waals surface area contributed by atoms with Gasteiger partial charge in [0, 0.05) is 22.9 Å². The maximum atomic E-state index is 10.3. The summed E-state index contributed by atoms with van der Waals surface area (Å²) in [6.07, 6.45) is 2.65. The van der Waals surface area contributed by atoms with Crippen molar-refractivity contribution < 1.29 is 9.84 Å². The quantitative estimate of drug-likeness (QED) is 0.405. The zero-order valence-corrected chi connectivity index (χ0v) is 18.8. The van der Waals surface area contributed by atoms with Crippen LogP contribution in [0.1, 0.15) is 30.0 Å². The summed E-state index contributed by atoms with van der Waals surface area (Å²) >= 11 is 5.77. The van der Waals surface area contributed by atoms with Crippen molar-refractivity contribution in [3.05, 3.63) is 77.0 Å². The molecule has 0 saturated heterocycles. The van der Waals surface area contributed by atoms with Crippen LogP contribution < -0.4 is 4.74 Å². The van der Waals surface area contributed by atoms with E-state index in [0.29, 0.717) is 28.7 Å². The summed E-state index contributed by atoms with van der Waals surface area (Å²) in [6, 6.07) is 14.2. The smallest absolute Gasteiger partial charge is 0.239 e. The monoisotopic (exact) mass is 472 g/mol. The number of nitrogens with zero attached hydrogens (tertiary/aromatic N) is 8. The average Bonchev–Trinajstić information content (AvgIpc) is 3.43. The molecule has 1 N–H and O–H groups in total. The number of hydrogen-bond acceptors (Lipinski definition) is 8. The molecule has 0 fully saturated rings. The largest absolute Gasteiger partial charge is 0.436 e. The third-order valence-electron chi connectivity index (χ3n) is 5.15. The van der Waals surface area contributed by atoms with Gasteiger partial charge in [-0.15, -0.1) is 10.2 Å². The highest BCUT2D eigenvalue weighted by atomic mass is 35.5. The summed E-state index contributed by atoms with van der Waals surface area (Å²) in [6.45, 7) is 3.49. The number of aryl methyl sites for hydroxylation is 1. The van der Waals surface area contributed by atoms with Crippen LogP contribution in [0, 0.1) is 18.3 Å². The van der Waals surface area contributed by atoms with Crippen LogP contribution in [-0.4, -0.2) is 39.7 Å². The van der Waals surface area contributed by atoms with E-state index in [2.05, 4.69) is 20.4 Å². The van der Waals surface area contributed by atoms with Gasteiger partial charge in [-0.2, -0.15) is 15.5 Å². The Kier molecular flexibility index (Phi) is 5.41. The fraction of sp³-hybridized carbons (Fsp3) is 0.130. The Balaban J connectivity index is 1.55. The standard InChI is InChI=1S/C23H17ClN8O2/c1-13-9-15(10-25)30-32(13)23-17(14(2)33)4-5-19(27-23)18-11-26-31-12-16(3-6-20(18)31)34-22-8-7-21(24)28-29-22/h3-9,11-12,14,33H,1-2H3. The van der Waals surface area contributed by atoms with Crippen molar-refractivity contribution in [3.8, 4) is 34.8 Å². The van der Waals surface area contributed by atoms with Crippen LogP contribution in [0.2, 0.25) is 5.15 Å². The van der Waals surface area contributed by atoms with E-state index >= 15 is 0 Å². The molecule has 168 valence electrons. The lowest BCUT2D eigenvalue weighted by Gasteiger charge is -2.14. The molecule has 10 nitrogen and oxygen atoms in total. The van der Waals surface area contributed by atoms with E-state index in [-0.39, 0.29) is 10.8 Å². The SMILES string of the molecule is Cc1cc(C#N)nn1-c1nc(-c2cnn3cc(Oc4ccc(Cl)nn4)ccc23)ccc1C(C)O. The van der Waals surface area contributed by atoms with Gasteiger partial charge in [-0.3, -0.25) is 0 Å². The van der Waals surface area contributed by atoms with Gasteiger partial charge in [0.05, 0.1) is 29.7 Å². The lowest BCUT2D eigenvalue weighted by atomic mass is 10.1. The summed E-state index contributed by atoms with van der Waals surface area (Å²) in [7, 11) is 0. The Morgan fingerprint density at radius 1 is 1.15 bits per heavy atom. The molecule has 0 aliphatic rings. The van der Waals surface area contributed by atoms with E-state index in [1.807, 2.05) is 25.1 Å². The molecule has 0 radical (unpaired) electrons. The van der Waals surface area contributed by atoms with Crippen LogP contribution in [0.3, 0.4) is 0 Å². The minimum absolute atomic E-state index is 0.273. The number of hydrogen-bond donors (Lipinski definition) is 1. The van der Waals surface area contributed by atoms with E-state index in [1.54, 1.807) is 58.8 Å². The van der Waals surface area contributed by atoms with Crippen LogP contribution in [0.4, 0.5) is 0 Å². The molecule has 0 aromatic carbocycles. The topological polar surface area (TPSA) is 127 Å². The van der Waals surface area contributed by atoms with Crippen molar-refractivity contribution >= 4 is 17.1 Å². The van der Waals surface area contributed by atoms with Gasteiger partial charge in [-0.05, 0) is 44.2 Å². The second-order valence-electron chi connectivity index (χ2n) is 7.53. The van der Waals surface area contributed by atoms with Gasteiger partial charge in [0.1, 0.15) is 11.8 Å². The molecule has 34 heavy (non-hydrogen) atoms. The number of aliphatic hydroxyl groups is 1. The van der Waals surface area contributed by atoms with Gasteiger partial charge in [0.25, 0.3) is 0 Å². The molecule has 5 rings (SSSR count). The normalized spacial score (nSPS) is 12.0. The number of ether oxygens (including phenoxy) is 1. The number of aromatic nitrogens is 7. The molecule has 0 aliphatic heterocycles. The molecule has 0 spiro atoms. The molecule has 0 saturated carbocycles. The van der Waals surface area contributed by atoms with Crippen molar-refractivity contribution in [2.24, 2.45) is 0 Å². The average molecular weight is 473 g/mol. The summed E-state index contributed by atoms with van der Waals surface area (Å²) in [4.78, 5) is 4.78. The Labute approximate surface area is 198 Å². The van der Waals surface area contributed by atoms with E-state index in [0.717, 1.165) is 16.8 Å². The van der Waals surface area contributed by atoms with Crippen molar-refractivity contribution in [2.45, 2.75) is 20.0 Å². The molecule has 1 atom stereocenters. The minimum Gasteiger partial charge on any atom is -0.436 e. The predicted octanol–water partition coefficient (Wildman–Crippen LogP) is 4.05. The zero-order chi connectivity index (χ0) is 23.8. The molecule has 11 heteroatoms. The molecule has 1 unspecified atom stereocenters. The number of fused-ring (bicyclic) bond motifs is 1. The maximum absolute atomic E-state index is 10.3. The van der Waals surface area contributed by atoms with Crippen LogP contribution >= 0.6 is 11.6 Å². The maximum Gasteiger partial charge on any atom is 0.239 e. The van der Waals surface area contributed by atoms with Gasteiger partial charge in [0.2, 0.25) is 5.88 Å². The first-order valence-corrected chi connectivity index (χ1v) is 10.6. The van der Waals surface area contributed by atoms with Gasteiger partial charge in [-0.25, -0.2) is 14.2 Å². The van der Waals surface area contributed by atoms with Crippen molar-refractivity contribution in [2.75, 3.05) is 0 Å². The lowest BCUT2D eigenvalue weighted by molar-refractivity contribution is 0.198. The fourth-order valence-corrected chi connectivity index (χ4v) is 3.65. The van der Waals surface area contributed by atoms with Crippen LogP contribution in [-0.2, 0) is 0 Å². The highest BCUT2D eigenvalue weighted by molar-refractivity contribution is 6.29. The second-order valence-corrected chi connectivity index (χ2v) is 7.92. The summed E-state index contributed by atoms with van der Waals surface area (Å²) in [5.74, 6) is 1.28. The van der Waals surface area contributed by atoms with Gasteiger partial charge >= 0.3 is 0 Å². The first kappa shape index (κ1) is 21.5. The summed E-state index contributed by atoms with van der Waals surface area (Å²) < 4.78 is 8.96.